The molecular weight excluding hydrogens is 310 g/mol. The van der Waals surface area contributed by atoms with Gasteiger partial charge in [-0.3, -0.25) is 9.78 Å². The average molecular weight is 329 g/mol. The van der Waals surface area contributed by atoms with Crippen molar-refractivity contribution in [2.24, 2.45) is 0 Å². The molecule has 3 heterocycles. The van der Waals surface area contributed by atoms with Gasteiger partial charge in [0.15, 0.2) is 10.9 Å². The summed E-state index contributed by atoms with van der Waals surface area (Å²) < 4.78 is 0. The zero-order valence-electron chi connectivity index (χ0n) is 13.2. The predicted octanol–water partition coefficient (Wildman–Crippen LogP) is 3.22. The molecule has 3 rings (SSSR count). The van der Waals surface area contributed by atoms with E-state index in [4.69, 9.17) is 0 Å². The maximum atomic E-state index is 12.3. The average Bonchev–Trinajstić information content (AvgIpc) is 3.16. The summed E-state index contributed by atoms with van der Waals surface area (Å²) >= 11 is 1.56. The summed E-state index contributed by atoms with van der Waals surface area (Å²) in [7, 11) is 0. The molecular formula is C16H19N5OS. The van der Waals surface area contributed by atoms with E-state index in [-0.39, 0.29) is 11.9 Å². The van der Waals surface area contributed by atoms with E-state index < -0.39 is 0 Å². The van der Waals surface area contributed by atoms with E-state index in [0.29, 0.717) is 11.4 Å². The van der Waals surface area contributed by atoms with Crippen LogP contribution >= 0.6 is 11.3 Å². The Hall–Kier alpha value is -2.28. The van der Waals surface area contributed by atoms with E-state index >= 15 is 0 Å². The molecule has 1 amide bonds. The number of carbonyl (C=O) groups excluding carboxylic acids is 1. The van der Waals surface area contributed by atoms with Crippen LogP contribution in [0.25, 0.3) is 0 Å². The number of thiazole rings is 1. The molecule has 0 saturated carbocycles. The first-order valence-electron chi connectivity index (χ1n) is 7.53. The van der Waals surface area contributed by atoms with Gasteiger partial charge >= 0.3 is 0 Å². The lowest BCUT2D eigenvalue weighted by Crippen LogP contribution is -2.31. The van der Waals surface area contributed by atoms with Crippen molar-refractivity contribution < 1.29 is 4.79 Å². The Labute approximate surface area is 139 Å². The molecule has 1 unspecified atom stereocenters. The minimum Gasteiger partial charge on any atom is -0.330 e. The van der Waals surface area contributed by atoms with Crippen molar-refractivity contribution in [2.75, 3.05) is 11.9 Å². The third-order valence-corrected chi connectivity index (χ3v) is 4.60. The van der Waals surface area contributed by atoms with Gasteiger partial charge in [0, 0.05) is 35.6 Å². The molecule has 0 bridgehead atoms. The van der Waals surface area contributed by atoms with Gasteiger partial charge in [0.1, 0.15) is 5.69 Å². The standard InChI is InChI=1S/C16H19N5OS/c1-10(2)15(22)21-8-4-5-12(21)13-14(18-7-6-17-13)20-16-19-9-11(3)23-16/h6-7,9,12H,1,4-5,8H2,2-3H3,(H,18,19,20). The molecule has 1 atom stereocenters. The van der Waals surface area contributed by atoms with Gasteiger partial charge in [0.2, 0.25) is 5.91 Å². The topological polar surface area (TPSA) is 71.0 Å². The Kier molecular flexibility index (Phi) is 4.38. The molecule has 0 spiro atoms. The number of aryl methyl sites for hydroxylation is 1. The van der Waals surface area contributed by atoms with Crippen LogP contribution in [0.1, 0.15) is 36.4 Å². The first-order valence-corrected chi connectivity index (χ1v) is 8.34. The molecule has 1 aliphatic heterocycles. The number of rotatable bonds is 4. The van der Waals surface area contributed by atoms with E-state index in [1.807, 2.05) is 18.0 Å². The second kappa shape index (κ2) is 6.45. The Balaban J connectivity index is 1.90. The van der Waals surface area contributed by atoms with Crippen molar-refractivity contribution in [3.8, 4) is 0 Å². The largest absolute Gasteiger partial charge is 0.330 e. The van der Waals surface area contributed by atoms with Crippen molar-refractivity contribution in [1.82, 2.24) is 19.9 Å². The molecule has 7 heteroatoms. The zero-order chi connectivity index (χ0) is 16.4. The van der Waals surface area contributed by atoms with Gasteiger partial charge in [0.25, 0.3) is 0 Å². The van der Waals surface area contributed by atoms with E-state index in [1.165, 1.54) is 0 Å². The molecule has 2 aromatic rings. The fraction of sp³-hybridized carbons (Fsp3) is 0.375. The number of hydrogen-bond donors (Lipinski definition) is 1. The second-order valence-corrected chi connectivity index (χ2v) is 6.86. The lowest BCUT2D eigenvalue weighted by atomic mass is 10.1. The van der Waals surface area contributed by atoms with Gasteiger partial charge in [-0.2, -0.15) is 0 Å². The van der Waals surface area contributed by atoms with Crippen LogP contribution in [-0.2, 0) is 4.79 Å². The summed E-state index contributed by atoms with van der Waals surface area (Å²) in [5.74, 6) is 0.641. The maximum Gasteiger partial charge on any atom is 0.249 e. The van der Waals surface area contributed by atoms with Crippen LogP contribution in [-0.4, -0.2) is 32.3 Å². The van der Waals surface area contributed by atoms with Crippen molar-refractivity contribution >= 4 is 28.2 Å². The third kappa shape index (κ3) is 3.24. The normalized spacial score (nSPS) is 17.3. The van der Waals surface area contributed by atoms with Crippen LogP contribution in [0.3, 0.4) is 0 Å². The number of likely N-dealkylation sites (tertiary alicyclic amines) is 1. The van der Waals surface area contributed by atoms with Crippen molar-refractivity contribution in [3.05, 3.63) is 41.3 Å². The summed E-state index contributed by atoms with van der Waals surface area (Å²) in [5, 5.41) is 4.01. The summed E-state index contributed by atoms with van der Waals surface area (Å²) in [4.78, 5) is 28.5. The number of aromatic nitrogens is 3. The zero-order valence-corrected chi connectivity index (χ0v) is 14.1. The smallest absolute Gasteiger partial charge is 0.249 e. The molecule has 23 heavy (non-hydrogen) atoms. The Morgan fingerprint density at radius 3 is 2.87 bits per heavy atom. The van der Waals surface area contributed by atoms with E-state index in [1.54, 1.807) is 30.7 Å². The van der Waals surface area contributed by atoms with E-state index in [9.17, 15) is 4.79 Å². The number of carbonyl (C=O) groups is 1. The van der Waals surface area contributed by atoms with Crippen LogP contribution in [0.4, 0.5) is 10.9 Å². The second-order valence-electron chi connectivity index (χ2n) is 5.63. The molecule has 1 fully saturated rings. The maximum absolute atomic E-state index is 12.3. The van der Waals surface area contributed by atoms with Crippen LogP contribution in [0.2, 0.25) is 0 Å². The molecule has 0 radical (unpaired) electrons. The fourth-order valence-corrected chi connectivity index (χ4v) is 3.41. The monoisotopic (exact) mass is 329 g/mol. The third-order valence-electron chi connectivity index (χ3n) is 3.77. The van der Waals surface area contributed by atoms with Gasteiger partial charge in [-0.25, -0.2) is 9.97 Å². The van der Waals surface area contributed by atoms with Crippen LogP contribution < -0.4 is 5.32 Å². The number of amides is 1. The van der Waals surface area contributed by atoms with Gasteiger partial charge < -0.3 is 10.2 Å². The minimum absolute atomic E-state index is 0.0193. The van der Waals surface area contributed by atoms with Gasteiger partial charge in [0.05, 0.1) is 6.04 Å². The number of hydrogen-bond acceptors (Lipinski definition) is 6. The molecule has 1 saturated heterocycles. The van der Waals surface area contributed by atoms with Crippen LogP contribution in [0.15, 0.2) is 30.7 Å². The highest BCUT2D eigenvalue weighted by Gasteiger charge is 2.33. The molecule has 6 nitrogen and oxygen atoms in total. The van der Waals surface area contributed by atoms with Gasteiger partial charge in [-0.05, 0) is 26.7 Å². The van der Waals surface area contributed by atoms with Crippen molar-refractivity contribution in [2.45, 2.75) is 32.7 Å². The predicted molar refractivity (Wildman–Crippen MR) is 90.7 cm³/mol. The summed E-state index contributed by atoms with van der Waals surface area (Å²) in [6.45, 7) is 8.24. The molecule has 120 valence electrons. The van der Waals surface area contributed by atoms with Crippen LogP contribution in [0, 0.1) is 6.92 Å². The molecule has 2 aromatic heterocycles. The number of nitrogens with one attached hydrogen (secondary N) is 1. The van der Waals surface area contributed by atoms with Crippen molar-refractivity contribution in [1.29, 1.82) is 0 Å². The SMILES string of the molecule is C=C(C)C(=O)N1CCCC1c1nccnc1Nc1ncc(C)s1. The Bertz CT molecular complexity index is 742. The van der Waals surface area contributed by atoms with Crippen molar-refractivity contribution in [3.63, 3.8) is 0 Å². The van der Waals surface area contributed by atoms with E-state index in [2.05, 4.69) is 26.8 Å². The Morgan fingerprint density at radius 1 is 1.39 bits per heavy atom. The van der Waals surface area contributed by atoms with Gasteiger partial charge in [-0.15, -0.1) is 11.3 Å². The van der Waals surface area contributed by atoms with Crippen LogP contribution in [0.5, 0.6) is 0 Å². The first kappa shape index (κ1) is 15.6. The number of nitrogens with zero attached hydrogens (tertiary/aromatic N) is 4. The Morgan fingerprint density at radius 2 is 2.17 bits per heavy atom. The first-order chi connectivity index (χ1) is 11.1. The summed E-state index contributed by atoms with van der Waals surface area (Å²) in [5.41, 5.74) is 1.33. The lowest BCUT2D eigenvalue weighted by molar-refractivity contribution is -0.128. The van der Waals surface area contributed by atoms with E-state index in [0.717, 1.165) is 35.1 Å². The lowest BCUT2D eigenvalue weighted by Gasteiger charge is -2.25. The molecule has 1 aliphatic rings. The quantitative estimate of drug-likeness (QED) is 0.872. The number of anilines is 2. The van der Waals surface area contributed by atoms with Gasteiger partial charge in [-0.1, -0.05) is 6.58 Å². The fourth-order valence-electron chi connectivity index (χ4n) is 2.74. The highest BCUT2D eigenvalue weighted by atomic mass is 32.1. The molecule has 1 N–H and O–H groups in total. The molecule has 0 aliphatic carbocycles. The highest BCUT2D eigenvalue weighted by molar-refractivity contribution is 7.15. The highest BCUT2D eigenvalue weighted by Crippen LogP contribution is 2.35. The molecule has 0 aromatic carbocycles. The summed E-state index contributed by atoms with van der Waals surface area (Å²) in [6.07, 6.45) is 6.95. The summed E-state index contributed by atoms with van der Waals surface area (Å²) in [6, 6.07) is -0.0727. The minimum atomic E-state index is -0.0727.